The highest BCUT2D eigenvalue weighted by atomic mass is 35.5. The van der Waals surface area contributed by atoms with Crippen molar-refractivity contribution in [1.29, 1.82) is 0 Å². The highest BCUT2D eigenvalue weighted by Crippen LogP contribution is 2.30. The molecule has 0 aliphatic rings. The molecule has 176 valence electrons. The third-order valence-corrected chi connectivity index (χ3v) is 6.44. The number of carbonyl (C=O) groups is 1. The second kappa shape index (κ2) is 11.5. The van der Waals surface area contributed by atoms with E-state index in [1.807, 2.05) is 16.7 Å². The third kappa shape index (κ3) is 6.23. The lowest BCUT2D eigenvalue weighted by Gasteiger charge is -2.20. The van der Waals surface area contributed by atoms with Crippen molar-refractivity contribution in [2.24, 2.45) is 0 Å². The predicted molar refractivity (Wildman–Crippen MR) is 126 cm³/mol. The van der Waals surface area contributed by atoms with E-state index in [-0.39, 0.29) is 18.3 Å². The van der Waals surface area contributed by atoms with Gasteiger partial charge in [-0.25, -0.2) is 8.78 Å². The molecule has 0 spiro atoms. The second-order valence-electron chi connectivity index (χ2n) is 7.33. The van der Waals surface area contributed by atoms with Crippen molar-refractivity contribution < 1.29 is 18.3 Å². The van der Waals surface area contributed by atoms with Gasteiger partial charge < -0.3 is 14.6 Å². The Hall–Kier alpha value is -2.65. The van der Waals surface area contributed by atoms with Gasteiger partial charge in [0.15, 0.2) is 11.0 Å². The highest BCUT2D eigenvalue weighted by molar-refractivity contribution is 8.00. The minimum atomic E-state index is -0.707. The molecule has 0 radical (unpaired) electrons. The maximum absolute atomic E-state index is 13.9. The number of rotatable bonds is 10. The molecule has 0 aliphatic heterocycles. The molecule has 3 aromatic rings. The van der Waals surface area contributed by atoms with Crippen LogP contribution in [-0.4, -0.2) is 25.9 Å². The molecule has 1 aromatic heterocycles. The summed E-state index contributed by atoms with van der Waals surface area (Å²) in [6, 6.07) is 10.2. The lowest BCUT2D eigenvalue weighted by Crippen LogP contribution is -2.24. The first-order valence-electron chi connectivity index (χ1n) is 10.6. The molecule has 0 aliphatic carbocycles. The maximum atomic E-state index is 13.9. The van der Waals surface area contributed by atoms with Crippen molar-refractivity contribution in [2.75, 3.05) is 5.32 Å². The van der Waals surface area contributed by atoms with E-state index in [9.17, 15) is 13.6 Å². The number of nitrogens with one attached hydrogen (secondary N) is 1. The van der Waals surface area contributed by atoms with Crippen molar-refractivity contribution in [3.63, 3.8) is 0 Å². The van der Waals surface area contributed by atoms with Crippen LogP contribution in [0.2, 0.25) is 5.02 Å². The Bertz CT molecular complexity index is 1110. The standard InChI is InChI=1S/C23H25ClF2N4O2S/c1-4-16(5-2)30-21(13-32-20-9-7-6-8-17(20)24)28-29-23(30)33-14(3)22(31)27-19-12-15(25)10-11-18(19)26/h6-12,14,16H,4-5,13H2,1-3H3,(H,27,31). The molecule has 0 saturated heterocycles. The molecule has 0 saturated carbocycles. The molecular weight excluding hydrogens is 470 g/mol. The Morgan fingerprint density at radius 2 is 1.91 bits per heavy atom. The van der Waals surface area contributed by atoms with Crippen LogP contribution in [0.15, 0.2) is 47.6 Å². The number of hydrogen-bond donors (Lipinski definition) is 1. The zero-order valence-electron chi connectivity index (χ0n) is 18.5. The van der Waals surface area contributed by atoms with Crippen LogP contribution in [0.5, 0.6) is 5.75 Å². The Balaban J connectivity index is 1.77. The van der Waals surface area contributed by atoms with E-state index in [0.717, 1.165) is 31.0 Å². The number of aromatic nitrogens is 3. The summed E-state index contributed by atoms with van der Waals surface area (Å²) in [5.41, 5.74) is -0.206. The number of ether oxygens (including phenoxy) is 1. The van der Waals surface area contributed by atoms with Gasteiger partial charge in [0, 0.05) is 12.1 Å². The summed E-state index contributed by atoms with van der Waals surface area (Å²) in [6.45, 7) is 5.94. The predicted octanol–water partition coefficient (Wildman–Crippen LogP) is 6.27. The van der Waals surface area contributed by atoms with Crippen molar-refractivity contribution in [3.05, 3.63) is 64.9 Å². The summed E-state index contributed by atoms with van der Waals surface area (Å²) < 4.78 is 35.1. The molecule has 3 rings (SSSR count). The minimum Gasteiger partial charge on any atom is -0.484 e. The van der Waals surface area contributed by atoms with Gasteiger partial charge in [0.05, 0.1) is 16.0 Å². The molecule has 2 aromatic carbocycles. The molecule has 0 bridgehead atoms. The molecule has 10 heteroatoms. The normalized spacial score (nSPS) is 12.1. The summed E-state index contributed by atoms with van der Waals surface area (Å²) in [4.78, 5) is 12.6. The van der Waals surface area contributed by atoms with E-state index in [2.05, 4.69) is 29.4 Å². The average molecular weight is 495 g/mol. The summed E-state index contributed by atoms with van der Waals surface area (Å²) >= 11 is 7.37. The van der Waals surface area contributed by atoms with Crippen LogP contribution < -0.4 is 10.1 Å². The summed E-state index contributed by atoms with van der Waals surface area (Å²) in [7, 11) is 0. The zero-order valence-corrected chi connectivity index (χ0v) is 20.1. The summed E-state index contributed by atoms with van der Waals surface area (Å²) in [5.74, 6) is -0.672. The summed E-state index contributed by atoms with van der Waals surface area (Å²) in [5, 5.41) is 11.4. The van der Waals surface area contributed by atoms with E-state index in [0.29, 0.717) is 21.8 Å². The van der Waals surface area contributed by atoms with Crippen molar-refractivity contribution in [3.8, 4) is 5.75 Å². The van der Waals surface area contributed by atoms with Crippen molar-refractivity contribution >= 4 is 35.0 Å². The number of thioether (sulfide) groups is 1. The fourth-order valence-corrected chi connectivity index (χ4v) is 4.38. The molecule has 1 atom stereocenters. The summed E-state index contributed by atoms with van der Waals surface area (Å²) in [6.07, 6.45) is 1.66. The number of para-hydroxylation sites is 1. The number of anilines is 1. The van der Waals surface area contributed by atoms with Crippen LogP contribution in [0, 0.1) is 11.6 Å². The number of carbonyl (C=O) groups excluding carboxylic acids is 1. The van der Waals surface area contributed by atoms with Gasteiger partial charge in [-0.05, 0) is 44.0 Å². The first-order valence-corrected chi connectivity index (χ1v) is 11.8. The minimum absolute atomic E-state index is 0.100. The number of nitrogens with zero attached hydrogens (tertiary/aromatic N) is 3. The van der Waals surface area contributed by atoms with Gasteiger partial charge in [-0.2, -0.15) is 0 Å². The van der Waals surface area contributed by atoms with Gasteiger partial charge >= 0.3 is 0 Å². The van der Waals surface area contributed by atoms with Crippen LogP contribution in [0.4, 0.5) is 14.5 Å². The Morgan fingerprint density at radius 1 is 1.18 bits per heavy atom. The Kier molecular flexibility index (Phi) is 8.68. The molecule has 33 heavy (non-hydrogen) atoms. The molecule has 1 heterocycles. The van der Waals surface area contributed by atoms with Crippen LogP contribution in [0.3, 0.4) is 0 Å². The number of benzene rings is 2. The van der Waals surface area contributed by atoms with E-state index in [1.54, 1.807) is 19.1 Å². The smallest absolute Gasteiger partial charge is 0.237 e. The lowest BCUT2D eigenvalue weighted by molar-refractivity contribution is -0.115. The second-order valence-corrected chi connectivity index (χ2v) is 9.05. The van der Waals surface area contributed by atoms with E-state index in [1.165, 1.54) is 11.8 Å². The zero-order chi connectivity index (χ0) is 24.0. The monoisotopic (exact) mass is 494 g/mol. The van der Waals surface area contributed by atoms with Crippen molar-refractivity contribution in [2.45, 2.75) is 56.7 Å². The largest absolute Gasteiger partial charge is 0.484 e. The molecule has 6 nitrogen and oxygen atoms in total. The number of halogens is 3. The first-order chi connectivity index (χ1) is 15.8. The SMILES string of the molecule is CCC(CC)n1c(COc2ccccc2Cl)nnc1SC(C)C(=O)Nc1cc(F)ccc1F. The van der Waals surface area contributed by atoms with E-state index in [4.69, 9.17) is 16.3 Å². The Morgan fingerprint density at radius 3 is 2.61 bits per heavy atom. The fourth-order valence-electron chi connectivity index (χ4n) is 3.25. The van der Waals surface area contributed by atoms with Crippen LogP contribution in [0.1, 0.15) is 45.5 Å². The van der Waals surface area contributed by atoms with Gasteiger partial charge in [0.2, 0.25) is 5.91 Å². The maximum Gasteiger partial charge on any atom is 0.237 e. The van der Waals surface area contributed by atoms with Gasteiger partial charge in [0.25, 0.3) is 0 Å². The average Bonchev–Trinajstić information content (AvgIpc) is 3.18. The van der Waals surface area contributed by atoms with Crippen LogP contribution in [0.25, 0.3) is 0 Å². The highest BCUT2D eigenvalue weighted by Gasteiger charge is 2.24. The lowest BCUT2D eigenvalue weighted by atomic mass is 10.2. The van der Waals surface area contributed by atoms with E-state index >= 15 is 0 Å². The molecule has 1 unspecified atom stereocenters. The van der Waals surface area contributed by atoms with Crippen molar-refractivity contribution in [1.82, 2.24) is 14.8 Å². The first kappa shape index (κ1) is 25.0. The van der Waals surface area contributed by atoms with Crippen LogP contribution >= 0.6 is 23.4 Å². The molecular formula is C23H25ClF2N4O2S. The van der Waals surface area contributed by atoms with Gasteiger partial charge in [-0.15, -0.1) is 10.2 Å². The Labute approximate surface area is 200 Å². The van der Waals surface area contributed by atoms with Gasteiger partial charge in [-0.3, -0.25) is 4.79 Å². The molecule has 0 fully saturated rings. The molecule has 1 amide bonds. The van der Waals surface area contributed by atoms with Crippen LogP contribution in [-0.2, 0) is 11.4 Å². The topological polar surface area (TPSA) is 69.0 Å². The molecule has 1 N–H and O–H groups in total. The third-order valence-electron chi connectivity index (χ3n) is 5.07. The fraction of sp³-hybridized carbons (Fsp3) is 0.348. The van der Waals surface area contributed by atoms with Gasteiger partial charge in [-0.1, -0.05) is 49.3 Å². The number of amides is 1. The number of hydrogen-bond acceptors (Lipinski definition) is 5. The van der Waals surface area contributed by atoms with Gasteiger partial charge in [0.1, 0.15) is 24.0 Å². The van der Waals surface area contributed by atoms with E-state index < -0.39 is 22.8 Å². The quantitative estimate of drug-likeness (QED) is 0.336.